The molecule has 1 amide bonds. The van der Waals surface area contributed by atoms with Gasteiger partial charge in [-0.2, -0.15) is 0 Å². The van der Waals surface area contributed by atoms with E-state index in [0.29, 0.717) is 24.4 Å². The summed E-state index contributed by atoms with van der Waals surface area (Å²) >= 11 is 0. The predicted octanol–water partition coefficient (Wildman–Crippen LogP) is -0.198. The molecule has 2 N–H and O–H groups in total. The first-order valence-corrected chi connectivity index (χ1v) is 8.77. The van der Waals surface area contributed by atoms with E-state index in [0.717, 1.165) is 51.0 Å². The highest BCUT2D eigenvalue weighted by atomic mass is 16.3. The molecule has 0 aromatic carbocycles. The topological polar surface area (TPSA) is 83.3 Å². The fourth-order valence-electron chi connectivity index (χ4n) is 4.03. The minimum absolute atomic E-state index is 0.105. The molecule has 1 aromatic heterocycles. The summed E-state index contributed by atoms with van der Waals surface area (Å²) in [5.74, 6) is 0.942. The Bertz CT molecular complexity index is 571. The van der Waals surface area contributed by atoms with Gasteiger partial charge in [0.2, 0.25) is 5.91 Å². The summed E-state index contributed by atoms with van der Waals surface area (Å²) in [4.78, 5) is 14.8. The van der Waals surface area contributed by atoms with E-state index in [1.165, 1.54) is 0 Å². The van der Waals surface area contributed by atoms with Gasteiger partial charge >= 0.3 is 0 Å². The molecule has 4 fully saturated rings. The van der Waals surface area contributed by atoms with Gasteiger partial charge in [-0.25, -0.2) is 0 Å². The molecule has 23 heavy (non-hydrogen) atoms. The maximum Gasteiger partial charge on any atom is 0.224 e. The van der Waals surface area contributed by atoms with Gasteiger partial charge in [0.05, 0.1) is 18.2 Å². The molecule has 1 aromatic rings. The molecule has 7 heteroatoms. The third-order valence-electron chi connectivity index (χ3n) is 5.49. The third-order valence-corrected chi connectivity index (χ3v) is 5.49. The van der Waals surface area contributed by atoms with Gasteiger partial charge in [-0.05, 0) is 38.1 Å². The lowest BCUT2D eigenvalue weighted by molar-refractivity contribution is -0.133. The molecule has 4 heterocycles. The monoisotopic (exact) mass is 319 g/mol. The van der Waals surface area contributed by atoms with E-state index in [1.54, 1.807) is 0 Å². The van der Waals surface area contributed by atoms with Crippen LogP contribution < -0.4 is 5.32 Å². The second kappa shape index (κ2) is 6.20. The Balaban J connectivity index is 1.36. The van der Waals surface area contributed by atoms with Crippen LogP contribution in [0, 0.1) is 11.8 Å². The van der Waals surface area contributed by atoms with Crippen LogP contribution in [-0.2, 0) is 17.8 Å². The van der Waals surface area contributed by atoms with Gasteiger partial charge in [0.25, 0.3) is 0 Å². The van der Waals surface area contributed by atoms with Gasteiger partial charge < -0.3 is 10.4 Å². The highest BCUT2D eigenvalue weighted by molar-refractivity contribution is 5.80. The van der Waals surface area contributed by atoms with Crippen molar-refractivity contribution < 1.29 is 9.90 Å². The van der Waals surface area contributed by atoms with Crippen molar-refractivity contribution in [1.82, 2.24) is 25.2 Å². The molecule has 4 aliphatic rings. The summed E-state index contributed by atoms with van der Waals surface area (Å²) in [7, 11) is 0. The van der Waals surface area contributed by atoms with Crippen LogP contribution in [0.25, 0.3) is 0 Å². The SMILES string of the molecule is O=C(NC1CC1)[C@H]1CN2CCC1C[C@@H]2Cn1cc(CCO)nn1. The molecule has 3 aliphatic heterocycles. The Morgan fingerprint density at radius 2 is 2.26 bits per heavy atom. The number of aliphatic hydroxyl groups is 1. The molecule has 3 saturated heterocycles. The fraction of sp³-hybridized carbons (Fsp3) is 0.812. The van der Waals surface area contributed by atoms with E-state index < -0.39 is 0 Å². The number of aliphatic hydroxyl groups excluding tert-OH is 1. The quantitative estimate of drug-likeness (QED) is 0.759. The lowest BCUT2D eigenvalue weighted by atomic mass is 9.75. The number of aromatic nitrogens is 3. The second-order valence-electron chi connectivity index (χ2n) is 7.23. The van der Waals surface area contributed by atoms with E-state index >= 15 is 0 Å². The van der Waals surface area contributed by atoms with E-state index in [4.69, 9.17) is 5.11 Å². The zero-order valence-corrected chi connectivity index (χ0v) is 13.4. The smallest absolute Gasteiger partial charge is 0.224 e. The minimum atomic E-state index is 0.105. The van der Waals surface area contributed by atoms with Crippen molar-refractivity contribution in [1.29, 1.82) is 0 Å². The summed E-state index contributed by atoms with van der Waals surface area (Å²) in [6.45, 7) is 2.90. The van der Waals surface area contributed by atoms with Crippen molar-refractivity contribution in [3.63, 3.8) is 0 Å². The Kier molecular flexibility index (Phi) is 4.07. The molecule has 7 nitrogen and oxygen atoms in total. The van der Waals surface area contributed by atoms with Crippen molar-refractivity contribution in [2.45, 2.75) is 50.7 Å². The van der Waals surface area contributed by atoms with Gasteiger partial charge in [0.1, 0.15) is 0 Å². The highest BCUT2D eigenvalue weighted by Gasteiger charge is 2.44. The Hall–Kier alpha value is -1.47. The summed E-state index contributed by atoms with van der Waals surface area (Å²) in [6.07, 6.45) is 6.98. The first kappa shape index (κ1) is 15.1. The van der Waals surface area contributed by atoms with Crippen molar-refractivity contribution in [2.24, 2.45) is 11.8 Å². The summed E-state index contributed by atoms with van der Waals surface area (Å²) < 4.78 is 1.88. The van der Waals surface area contributed by atoms with E-state index in [9.17, 15) is 4.79 Å². The number of rotatable bonds is 6. The molecule has 0 spiro atoms. The summed E-state index contributed by atoms with van der Waals surface area (Å²) in [5.41, 5.74) is 0.838. The van der Waals surface area contributed by atoms with E-state index in [-0.39, 0.29) is 18.4 Å². The van der Waals surface area contributed by atoms with Crippen LogP contribution in [-0.4, -0.2) is 62.7 Å². The van der Waals surface area contributed by atoms with Crippen LogP contribution >= 0.6 is 0 Å². The van der Waals surface area contributed by atoms with Gasteiger partial charge in [0.15, 0.2) is 0 Å². The predicted molar refractivity (Wildman–Crippen MR) is 83.6 cm³/mol. The van der Waals surface area contributed by atoms with Crippen molar-refractivity contribution in [3.8, 4) is 0 Å². The van der Waals surface area contributed by atoms with Crippen LogP contribution in [0.15, 0.2) is 6.20 Å². The van der Waals surface area contributed by atoms with E-state index in [2.05, 4.69) is 20.5 Å². The van der Waals surface area contributed by atoms with Crippen LogP contribution in [0.4, 0.5) is 0 Å². The molecule has 1 aliphatic carbocycles. The van der Waals surface area contributed by atoms with Crippen LogP contribution in [0.2, 0.25) is 0 Å². The number of carbonyl (C=O) groups excluding carboxylic acids is 1. The van der Waals surface area contributed by atoms with Gasteiger partial charge in [0, 0.05) is 37.9 Å². The number of nitrogens with zero attached hydrogens (tertiary/aromatic N) is 4. The van der Waals surface area contributed by atoms with Crippen molar-refractivity contribution >= 4 is 5.91 Å². The van der Waals surface area contributed by atoms with Gasteiger partial charge in [-0.3, -0.25) is 14.4 Å². The lowest BCUT2D eigenvalue weighted by Gasteiger charge is -2.49. The fourth-order valence-corrected chi connectivity index (χ4v) is 4.03. The number of nitrogens with one attached hydrogen (secondary N) is 1. The second-order valence-corrected chi connectivity index (χ2v) is 7.23. The molecule has 5 rings (SSSR count). The van der Waals surface area contributed by atoms with Crippen LogP contribution in [0.5, 0.6) is 0 Å². The molecular formula is C16H25N5O2. The minimum Gasteiger partial charge on any atom is -0.396 e. The first-order valence-electron chi connectivity index (χ1n) is 8.77. The molecule has 1 saturated carbocycles. The standard InChI is InChI=1S/C16H25N5O2/c22-6-4-13-8-21(19-18-13)9-14-7-11-3-5-20(14)10-15(11)16(23)17-12-1-2-12/h8,11-12,14-15,22H,1-7,9-10H2,(H,17,23)/t11?,14-,15+/m1/s1. The van der Waals surface area contributed by atoms with Crippen LogP contribution in [0.1, 0.15) is 31.4 Å². The zero-order chi connectivity index (χ0) is 15.8. The van der Waals surface area contributed by atoms with Crippen molar-refractivity contribution in [2.75, 3.05) is 19.7 Å². The Morgan fingerprint density at radius 3 is 2.96 bits per heavy atom. The molecule has 2 unspecified atom stereocenters. The van der Waals surface area contributed by atoms with Gasteiger partial charge in [-0.1, -0.05) is 5.21 Å². The average Bonchev–Trinajstić information content (AvgIpc) is 3.27. The average molecular weight is 319 g/mol. The Labute approximate surface area is 136 Å². The van der Waals surface area contributed by atoms with Crippen LogP contribution in [0.3, 0.4) is 0 Å². The third kappa shape index (κ3) is 3.26. The molecule has 2 bridgehead atoms. The number of hydrogen-bond donors (Lipinski definition) is 2. The van der Waals surface area contributed by atoms with Crippen molar-refractivity contribution in [3.05, 3.63) is 11.9 Å². The molecule has 0 radical (unpaired) electrons. The maximum atomic E-state index is 12.4. The van der Waals surface area contributed by atoms with Gasteiger partial charge in [-0.15, -0.1) is 5.10 Å². The number of hydrogen-bond acceptors (Lipinski definition) is 5. The first-order chi connectivity index (χ1) is 11.2. The maximum absolute atomic E-state index is 12.4. The molecule has 4 atom stereocenters. The lowest BCUT2D eigenvalue weighted by Crippen LogP contribution is -2.58. The summed E-state index contributed by atoms with van der Waals surface area (Å²) in [5, 5.41) is 20.4. The number of carbonyl (C=O) groups is 1. The summed E-state index contributed by atoms with van der Waals surface area (Å²) in [6, 6.07) is 0.899. The normalized spacial score (nSPS) is 32.9. The number of piperidine rings is 3. The van der Waals surface area contributed by atoms with E-state index in [1.807, 2.05) is 10.9 Å². The number of fused-ring (bicyclic) bond motifs is 3. The molecular weight excluding hydrogens is 294 g/mol. The Morgan fingerprint density at radius 1 is 1.39 bits per heavy atom. The molecule has 126 valence electrons. The zero-order valence-electron chi connectivity index (χ0n) is 13.4. The largest absolute Gasteiger partial charge is 0.396 e. The number of amides is 1. The highest BCUT2D eigenvalue weighted by Crippen LogP contribution is 2.37.